The van der Waals surface area contributed by atoms with Gasteiger partial charge in [-0.15, -0.1) is 0 Å². The fourth-order valence-electron chi connectivity index (χ4n) is 6.71. The van der Waals surface area contributed by atoms with E-state index in [0.29, 0.717) is 37.6 Å². The summed E-state index contributed by atoms with van der Waals surface area (Å²) in [6.45, 7) is 11.7. The summed E-state index contributed by atoms with van der Waals surface area (Å²) < 4.78 is 18.0. The molecule has 0 spiro atoms. The molecule has 246 valence electrons. The summed E-state index contributed by atoms with van der Waals surface area (Å²) >= 11 is 0. The van der Waals surface area contributed by atoms with Crippen molar-refractivity contribution in [3.8, 4) is 28.0 Å². The van der Waals surface area contributed by atoms with E-state index in [4.69, 9.17) is 19.2 Å². The largest absolute Gasteiger partial charge is 0.493 e. The molecule has 0 amide bonds. The van der Waals surface area contributed by atoms with Crippen molar-refractivity contribution in [2.24, 2.45) is 0 Å². The van der Waals surface area contributed by atoms with E-state index in [2.05, 4.69) is 24.3 Å². The molecule has 8 heteroatoms. The second-order valence-corrected chi connectivity index (χ2v) is 13.5. The van der Waals surface area contributed by atoms with Crippen molar-refractivity contribution in [1.82, 2.24) is 9.88 Å². The second kappa shape index (κ2) is 13.6. The molecule has 0 radical (unpaired) electrons. The van der Waals surface area contributed by atoms with E-state index in [0.717, 1.165) is 69.7 Å². The van der Waals surface area contributed by atoms with Crippen LogP contribution in [0.15, 0.2) is 66.7 Å². The Labute approximate surface area is 277 Å². The molecular formula is C39H44N2O6. The van der Waals surface area contributed by atoms with Crippen LogP contribution in [0, 0.1) is 13.8 Å². The number of benzene rings is 3. The van der Waals surface area contributed by atoms with Gasteiger partial charge in [0.2, 0.25) is 6.41 Å². The number of pyridine rings is 1. The summed E-state index contributed by atoms with van der Waals surface area (Å²) in [5.41, 5.74) is 9.32. The third kappa shape index (κ3) is 7.26. The number of ether oxygens (including phenoxy) is 3. The Morgan fingerprint density at radius 3 is 2.40 bits per heavy atom. The maximum atomic E-state index is 12.9. The number of aliphatic hydroxyl groups excluding tert-OH is 1. The number of hydrogen-bond acceptors (Lipinski definition) is 7. The normalized spacial score (nSPS) is 16.1. The van der Waals surface area contributed by atoms with Crippen molar-refractivity contribution in [2.45, 2.75) is 85.2 Å². The molecule has 6 rings (SSSR count). The third-order valence-electron chi connectivity index (χ3n) is 8.85. The highest BCUT2D eigenvalue weighted by Gasteiger charge is 2.34. The number of carbonyl (C=O) groups is 1. The van der Waals surface area contributed by atoms with E-state index in [-0.39, 0.29) is 0 Å². The smallest absolute Gasteiger partial charge is 0.337 e. The number of rotatable bonds is 9. The number of carboxylic acids is 1. The summed E-state index contributed by atoms with van der Waals surface area (Å²) in [5, 5.41) is 21.4. The van der Waals surface area contributed by atoms with Crippen molar-refractivity contribution in [1.29, 1.82) is 0 Å². The van der Waals surface area contributed by atoms with Crippen molar-refractivity contribution >= 4 is 5.97 Å². The lowest BCUT2D eigenvalue weighted by atomic mass is 9.84. The number of aromatic nitrogens is 1. The fraction of sp³-hybridized carbons (Fsp3) is 0.385. The highest BCUT2D eigenvalue weighted by Crippen LogP contribution is 2.44. The predicted molar refractivity (Wildman–Crippen MR) is 181 cm³/mol. The standard InChI is InChI=1S/C39H44N2O6/c1-24-33(29-13-14-31-22-41(18-17-27(31)20-29)38(44)46-23-26-10-7-6-8-11-26)35(30-15-16-32-28(21-30)12-9-19-45-32)34(25(2)40-24)36(37(42)43)47-39(3,4)5/h6-8,10-11,13-16,20-21,36,38,44H,9,12,17-19,22-23H2,1-5H3,(H,42,43)/t36-,38?/m0/s1. The van der Waals surface area contributed by atoms with Crippen molar-refractivity contribution in [3.63, 3.8) is 0 Å². The predicted octanol–water partition coefficient (Wildman–Crippen LogP) is 7.15. The van der Waals surface area contributed by atoms with Gasteiger partial charge in [0, 0.05) is 35.6 Å². The molecule has 47 heavy (non-hydrogen) atoms. The van der Waals surface area contributed by atoms with Crippen LogP contribution >= 0.6 is 0 Å². The second-order valence-electron chi connectivity index (χ2n) is 13.5. The average molecular weight is 637 g/mol. The SMILES string of the molecule is Cc1nc(C)c([C@H](OC(C)(C)C)C(=O)O)c(-c2ccc3c(c2)CCCO3)c1-c1ccc2c(c1)CCN(C(O)OCc1ccccc1)C2. The van der Waals surface area contributed by atoms with E-state index in [1.54, 1.807) is 0 Å². The molecule has 3 heterocycles. The number of aliphatic hydroxyl groups is 1. The quantitative estimate of drug-likeness (QED) is 0.187. The Morgan fingerprint density at radius 1 is 0.936 bits per heavy atom. The molecule has 0 aliphatic carbocycles. The van der Waals surface area contributed by atoms with Gasteiger partial charge in [-0.25, -0.2) is 4.79 Å². The Hall–Kier alpha value is -4.08. The first kappa shape index (κ1) is 32.8. The topological polar surface area (TPSA) is 101 Å². The van der Waals surface area contributed by atoms with Crippen LogP contribution in [0.3, 0.4) is 0 Å². The molecule has 3 aromatic carbocycles. The van der Waals surface area contributed by atoms with Gasteiger partial charge in [-0.2, -0.15) is 0 Å². The van der Waals surface area contributed by atoms with Crippen LogP contribution in [0.5, 0.6) is 5.75 Å². The van der Waals surface area contributed by atoms with E-state index < -0.39 is 24.1 Å². The number of fused-ring (bicyclic) bond motifs is 2. The molecule has 4 aromatic rings. The molecule has 2 N–H and O–H groups in total. The van der Waals surface area contributed by atoms with Crippen LogP contribution in [0.2, 0.25) is 0 Å². The zero-order valence-electron chi connectivity index (χ0n) is 27.9. The molecular weight excluding hydrogens is 592 g/mol. The Morgan fingerprint density at radius 2 is 1.66 bits per heavy atom. The highest BCUT2D eigenvalue weighted by molar-refractivity contribution is 5.91. The Bertz CT molecular complexity index is 1760. The Balaban J connectivity index is 1.40. The minimum Gasteiger partial charge on any atom is -0.493 e. The van der Waals surface area contributed by atoms with Crippen LogP contribution in [-0.2, 0) is 40.3 Å². The maximum Gasteiger partial charge on any atom is 0.337 e. The van der Waals surface area contributed by atoms with Gasteiger partial charge in [-0.05, 0) is 105 Å². The van der Waals surface area contributed by atoms with Gasteiger partial charge >= 0.3 is 5.97 Å². The van der Waals surface area contributed by atoms with E-state index >= 15 is 0 Å². The van der Waals surface area contributed by atoms with E-state index in [1.165, 1.54) is 5.56 Å². The molecule has 2 aliphatic heterocycles. The van der Waals surface area contributed by atoms with Gasteiger partial charge in [-0.3, -0.25) is 9.88 Å². The molecule has 0 saturated heterocycles. The minimum atomic E-state index is -1.22. The third-order valence-corrected chi connectivity index (χ3v) is 8.85. The van der Waals surface area contributed by atoms with Gasteiger partial charge in [0.15, 0.2) is 6.10 Å². The van der Waals surface area contributed by atoms with Crippen molar-refractivity contribution in [2.75, 3.05) is 13.2 Å². The Kier molecular flexibility index (Phi) is 9.48. The molecule has 2 aliphatic rings. The molecule has 0 bridgehead atoms. The lowest BCUT2D eigenvalue weighted by molar-refractivity contribution is -0.204. The zero-order chi connectivity index (χ0) is 33.3. The molecule has 0 fully saturated rings. The number of carboxylic acid groups (broad SMARTS) is 1. The molecule has 2 atom stereocenters. The molecule has 1 aromatic heterocycles. The van der Waals surface area contributed by atoms with E-state index in [1.807, 2.05) is 82.0 Å². The first-order valence-electron chi connectivity index (χ1n) is 16.4. The zero-order valence-corrected chi connectivity index (χ0v) is 27.9. The highest BCUT2D eigenvalue weighted by atomic mass is 16.6. The van der Waals surface area contributed by atoms with E-state index in [9.17, 15) is 15.0 Å². The lowest BCUT2D eigenvalue weighted by Crippen LogP contribution is -2.40. The minimum absolute atomic E-state index is 0.334. The fourth-order valence-corrected chi connectivity index (χ4v) is 6.71. The van der Waals surface area contributed by atoms with Crippen molar-refractivity contribution in [3.05, 3.63) is 106 Å². The maximum absolute atomic E-state index is 12.9. The monoisotopic (exact) mass is 636 g/mol. The number of aryl methyl sites for hydroxylation is 3. The molecule has 1 unspecified atom stereocenters. The summed E-state index contributed by atoms with van der Waals surface area (Å²) in [5.74, 6) is -0.180. The van der Waals surface area contributed by atoms with Crippen LogP contribution < -0.4 is 4.74 Å². The summed E-state index contributed by atoms with van der Waals surface area (Å²) in [4.78, 5) is 19.7. The first-order valence-corrected chi connectivity index (χ1v) is 16.4. The van der Waals surface area contributed by atoms with Crippen LogP contribution in [0.25, 0.3) is 22.3 Å². The van der Waals surface area contributed by atoms with Crippen LogP contribution in [0.4, 0.5) is 0 Å². The average Bonchev–Trinajstić information content (AvgIpc) is 3.05. The van der Waals surface area contributed by atoms with Crippen LogP contribution in [-0.4, -0.2) is 51.2 Å². The van der Waals surface area contributed by atoms with Gasteiger partial charge in [-0.1, -0.05) is 54.6 Å². The molecule has 0 saturated carbocycles. The summed E-state index contributed by atoms with van der Waals surface area (Å²) in [7, 11) is 0. The van der Waals surface area contributed by atoms with Crippen molar-refractivity contribution < 1.29 is 29.2 Å². The lowest BCUT2D eigenvalue weighted by Gasteiger charge is -2.33. The number of hydrogen-bond donors (Lipinski definition) is 2. The number of nitrogens with zero attached hydrogens (tertiary/aromatic N) is 2. The van der Waals surface area contributed by atoms with Gasteiger partial charge < -0.3 is 24.4 Å². The van der Waals surface area contributed by atoms with Gasteiger partial charge in [0.05, 0.1) is 18.8 Å². The summed E-state index contributed by atoms with van der Waals surface area (Å²) in [6, 6.07) is 22.4. The first-order chi connectivity index (χ1) is 22.5. The molecule has 8 nitrogen and oxygen atoms in total. The number of aliphatic carboxylic acids is 1. The van der Waals surface area contributed by atoms with Gasteiger partial charge in [0.25, 0.3) is 0 Å². The summed E-state index contributed by atoms with van der Waals surface area (Å²) in [6.07, 6.45) is 0.338. The van der Waals surface area contributed by atoms with Crippen LogP contribution in [0.1, 0.15) is 72.5 Å². The van der Waals surface area contributed by atoms with Gasteiger partial charge in [0.1, 0.15) is 5.75 Å².